The highest BCUT2D eigenvalue weighted by Gasteiger charge is 2.23. The maximum Gasteiger partial charge on any atom is 0.232 e. The highest BCUT2D eigenvalue weighted by atomic mass is 32.2. The van der Waals surface area contributed by atoms with Crippen molar-refractivity contribution in [1.82, 2.24) is 14.9 Å². The quantitative estimate of drug-likeness (QED) is 0.241. The van der Waals surface area contributed by atoms with Crippen LogP contribution in [0.1, 0.15) is 13.8 Å². The fourth-order valence-corrected chi connectivity index (χ4v) is 7.05. The van der Waals surface area contributed by atoms with Crippen LogP contribution in [0, 0.1) is 0 Å². The van der Waals surface area contributed by atoms with Crippen molar-refractivity contribution >= 4 is 40.4 Å². The van der Waals surface area contributed by atoms with Crippen LogP contribution in [0.15, 0.2) is 65.3 Å². The molecule has 3 heterocycles. The summed E-state index contributed by atoms with van der Waals surface area (Å²) in [7, 11) is 0. The van der Waals surface area contributed by atoms with Gasteiger partial charge in [-0.3, -0.25) is 0 Å². The van der Waals surface area contributed by atoms with Gasteiger partial charge in [0.2, 0.25) is 5.71 Å². The van der Waals surface area contributed by atoms with Crippen LogP contribution in [0.5, 0.6) is 5.75 Å². The monoisotopic (exact) mass is 520 g/mol. The van der Waals surface area contributed by atoms with E-state index in [1.807, 2.05) is 53.9 Å². The van der Waals surface area contributed by atoms with Crippen LogP contribution >= 0.6 is 23.5 Å². The molecule has 0 saturated carbocycles. The Labute approximate surface area is 221 Å². The van der Waals surface area contributed by atoms with Gasteiger partial charge in [-0.1, -0.05) is 44.2 Å². The Balaban J connectivity index is 1.46. The number of benzene rings is 2. The van der Waals surface area contributed by atoms with Gasteiger partial charge in [-0.25, -0.2) is 9.97 Å². The summed E-state index contributed by atoms with van der Waals surface area (Å²) in [5, 5.41) is 4.50. The molecule has 1 N–H and O–H groups in total. The highest BCUT2D eigenvalue weighted by molar-refractivity contribution is 8.20. The number of fused-ring (bicyclic) bond motifs is 1. The van der Waals surface area contributed by atoms with Crippen molar-refractivity contribution in [3.8, 4) is 28.2 Å². The number of thioether (sulfide) groups is 2. The number of furan rings is 1. The number of hydrogen-bond donors (Lipinski definition) is 1. The molecule has 2 aromatic heterocycles. The van der Waals surface area contributed by atoms with Gasteiger partial charge in [0.25, 0.3) is 0 Å². The molecule has 0 amide bonds. The minimum atomic E-state index is 0.538. The number of likely N-dealkylation sites (N-methyl/N-ethyl adjacent to an activating group) is 1. The highest BCUT2D eigenvalue weighted by Crippen LogP contribution is 2.43. The third kappa shape index (κ3) is 5.66. The van der Waals surface area contributed by atoms with E-state index >= 15 is 0 Å². The van der Waals surface area contributed by atoms with Crippen molar-refractivity contribution in [3.05, 3.63) is 60.9 Å². The number of hydrogen-bond acceptors (Lipinski definition) is 8. The molecular formula is C28H32N4O2S2. The Morgan fingerprint density at radius 3 is 2.44 bits per heavy atom. The Hall–Kier alpha value is -2.68. The van der Waals surface area contributed by atoms with Crippen LogP contribution in [0.3, 0.4) is 0 Å². The smallest absolute Gasteiger partial charge is 0.232 e. The minimum Gasteiger partial charge on any atom is -0.492 e. The number of aromatic nitrogens is 2. The molecular weight excluding hydrogens is 488 g/mol. The topological polar surface area (TPSA) is 63.4 Å². The summed E-state index contributed by atoms with van der Waals surface area (Å²) in [6.07, 6.45) is 1.58. The molecule has 8 heteroatoms. The third-order valence-corrected chi connectivity index (χ3v) is 9.40. The fourth-order valence-electron chi connectivity index (χ4n) is 4.39. The Bertz CT molecular complexity index is 1250. The first-order chi connectivity index (χ1) is 17.8. The van der Waals surface area contributed by atoms with Crippen LogP contribution in [-0.4, -0.2) is 63.7 Å². The predicted molar refractivity (Wildman–Crippen MR) is 153 cm³/mol. The van der Waals surface area contributed by atoms with E-state index in [9.17, 15) is 0 Å². The van der Waals surface area contributed by atoms with Gasteiger partial charge in [0, 0.05) is 35.7 Å². The normalized spacial score (nSPS) is 14.1. The van der Waals surface area contributed by atoms with Crippen LogP contribution < -0.4 is 10.1 Å². The molecule has 0 aliphatic carbocycles. The number of nitrogens with one attached hydrogen (secondary N) is 1. The zero-order valence-electron chi connectivity index (χ0n) is 20.8. The summed E-state index contributed by atoms with van der Waals surface area (Å²) >= 11 is 4.00. The van der Waals surface area contributed by atoms with Crippen LogP contribution in [0.4, 0.5) is 5.82 Å². The first-order valence-corrected chi connectivity index (χ1v) is 14.6. The molecule has 5 rings (SSSR count). The molecule has 6 nitrogen and oxygen atoms in total. The Morgan fingerprint density at radius 2 is 1.72 bits per heavy atom. The number of ether oxygens (including phenoxy) is 1. The zero-order valence-corrected chi connectivity index (χ0v) is 22.4. The van der Waals surface area contributed by atoms with Crippen molar-refractivity contribution in [2.24, 2.45) is 0 Å². The third-order valence-electron chi connectivity index (χ3n) is 6.36. The summed E-state index contributed by atoms with van der Waals surface area (Å²) in [5.41, 5.74) is 3.66. The van der Waals surface area contributed by atoms with E-state index in [-0.39, 0.29) is 0 Å². The second-order valence-corrected chi connectivity index (χ2v) is 11.4. The lowest BCUT2D eigenvalue weighted by molar-refractivity contribution is 0.223. The molecule has 1 aliphatic rings. The molecule has 0 spiro atoms. The maximum absolute atomic E-state index is 6.38. The van der Waals surface area contributed by atoms with Gasteiger partial charge < -0.3 is 19.4 Å². The molecule has 0 atom stereocenters. The first kappa shape index (κ1) is 25.0. The molecule has 0 bridgehead atoms. The van der Waals surface area contributed by atoms with Gasteiger partial charge in [-0.05, 0) is 42.9 Å². The van der Waals surface area contributed by atoms with Crippen LogP contribution in [0.25, 0.3) is 33.6 Å². The maximum atomic E-state index is 6.38. The van der Waals surface area contributed by atoms with E-state index in [0.717, 1.165) is 65.6 Å². The molecule has 36 heavy (non-hydrogen) atoms. The van der Waals surface area contributed by atoms with E-state index in [1.165, 1.54) is 11.5 Å². The van der Waals surface area contributed by atoms with Crippen molar-refractivity contribution in [2.75, 3.05) is 49.6 Å². The molecule has 188 valence electrons. The standard InChI is InChI=1S/C28H32N4O2S2/c1-3-32(4-2)14-15-33-22-12-10-21(11-13-22)26-24(20-8-6-5-7-9-20)25-27(30-19-31-28(25)34-26)29-18-23-35-16-17-36-23/h5-13,19,23H,3-4,14-18H2,1-2H3,(H,29,30,31). The predicted octanol–water partition coefficient (Wildman–Crippen LogP) is 6.50. The van der Waals surface area contributed by atoms with Gasteiger partial charge in [-0.2, -0.15) is 0 Å². The van der Waals surface area contributed by atoms with Gasteiger partial charge in [0.05, 0.1) is 9.97 Å². The number of rotatable bonds is 11. The summed E-state index contributed by atoms with van der Waals surface area (Å²) in [5.74, 6) is 4.88. The van der Waals surface area contributed by atoms with E-state index in [1.54, 1.807) is 6.33 Å². The molecule has 1 aliphatic heterocycles. The minimum absolute atomic E-state index is 0.538. The van der Waals surface area contributed by atoms with Crippen molar-refractivity contribution < 1.29 is 9.15 Å². The Kier molecular flexibility index (Phi) is 8.36. The second kappa shape index (κ2) is 12.0. The van der Waals surface area contributed by atoms with Crippen LogP contribution in [0.2, 0.25) is 0 Å². The number of nitrogens with zero attached hydrogens (tertiary/aromatic N) is 3. The first-order valence-electron chi connectivity index (χ1n) is 12.5. The molecule has 1 fully saturated rings. The average Bonchev–Trinajstić information content (AvgIpc) is 3.59. The number of anilines is 1. The summed E-state index contributed by atoms with van der Waals surface area (Å²) < 4.78 is 12.9. The lowest BCUT2D eigenvalue weighted by Crippen LogP contribution is -2.27. The molecule has 0 radical (unpaired) electrons. The molecule has 4 aromatic rings. The van der Waals surface area contributed by atoms with Crippen molar-refractivity contribution in [2.45, 2.75) is 18.4 Å². The van der Waals surface area contributed by atoms with Gasteiger partial charge in [0.15, 0.2) is 0 Å². The molecule has 2 aromatic carbocycles. The molecule has 0 unspecified atom stereocenters. The van der Waals surface area contributed by atoms with Crippen LogP contribution in [-0.2, 0) is 0 Å². The van der Waals surface area contributed by atoms with Crippen molar-refractivity contribution in [1.29, 1.82) is 0 Å². The zero-order chi connectivity index (χ0) is 24.7. The second-order valence-electron chi connectivity index (χ2n) is 8.53. The molecule has 1 saturated heterocycles. The van der Waals surface area contributed by atoms with Gasteiger partial charge in [0.1, 0.15) is 30.3 Å². The van der Waals surface area contributed by atoms with Gasteiger partial charge in [-0.15, -0.1) is 23.5 Å². The van der Waals surface area contributed by atoms with E-state index in [4.69, 9.17) is 9.15 Å². The van der Waals surface area contributed by atoms with E-state index in [0.29, 0.717) is 16.9 Å². The summed E-state index contributed by atoms with van der Waals surface area (Å²) in [6.45, 7) is 8.86. The average molecular weight is 521 g/mol. The summed E-state index contributed by atoms with van der Waals surface area (Å²) in [6, 6.07) is 18.5. The SMILES string of the molecule is CCN(CC)CCOc1ccc(-c2oc3ncnc(NCC4SCCS4)c3c2-c2ccccc2)cc1. The van der Waals surface area contributed by atoms with E-state index < -0.39 is 0 Å². The van der Waals surface area contributed by atoms with E-state index in [2.05, 4.69) is 58.3 Å². The van der Waals surface area contributed by atoms with Gasteiger partial charge >= 0.3 is 0 Å². The summed E-state index contributed by atoms with van der Waals surface area (Å²) in [4.78, 5) is 11.5. The fraction of sp³-hybridized carbons (Fsp3) is 0.357. The Morgan fingerprint density at radius 1 is 0.972 bits per heavy atom. The van der Waals surface area contributed by atoms with Crippen molar-refractivity contribution in [3.63, 3.8) is 0 Å². The largest absolute Gasteiger partial charge is 0.492 e. The lowest BCUT2D eigenvalue weighted by atomic mass is 9.99. The lowest BCUT2D eigenvalue weighted by Gasteiger charge is -2.18.